The standard InChI is InChI=1S/C11H24N2O/c1-4-11(12-5-2)9-13-6-7-14-10(3)8-13/h10-12H,4-9H2,1-3H3. The highest BCUT2D eigenvalue weighted by atomic mass is 16.5. The summed E-state index contributed by atoms with van der Waals surface area (Å²) < 4.78 is 5.52. The molecular formula is C11H24N2O. The average Bonchev–Trinajstić information content (AvgIpc) is 2.17. The zero-order chi connectivity index (χ0) is 10.4. The highest BCUT2D eigenvalue weighted by Gasteiger charge is 2.18. The smallest absolute Gasteiger partial charge is 0.0674 e. The molecule has 2 unspecified atom stereocenters. The minimum atomic E-state index is 0.405. The Morgan fingerprint density at radius 1 is 1.50 bits per heavy atom. The summed E-state index contributed by atoms with van der Waals surface area (Å²) >= 11 is 0. The van der Waals surface area contributed by atoms with E-state index in [2.05, 4.69) is 31.0 Å². The number of morpholine rings is 1. The van der Waals surface area contributed by atoms with Gasteiger partial charge in [0.1, 0.15) is 0 Å². The fraction of sp³-hybridized carbons (Fsp3) is 1.00. The fourth-order valence-corrected chi connectivity index (χ4v) is 1.99. The first kappa shape index (κ1) is 12.0. The van der Waals surface area contributed by atoms with E-state index >= 15 is 0 Å². The third kappa shape index (κ3) is 3.95. The first-order chi connectivity index (χ1) is 6.76. The van der Waals surface area contributed by atoms with Crippen molar-refractivity contribution in [3.63, 3.8) is 0 Å². The molecule has 0 aromatic heterocycles. The molecule has 1 aliphatic rings. The molecule has 0 saturated carbocycles. The third-order valence-electron chi connectivity index (χ3n) is 2.79. The molecule has 1 aliphatic heterocycles. The number of likely N-dealkylation sites (N-methyl/N-ethyl adjacent to an activating group) is 1. The van der Waals surface area contributed by atoms with Gasteiger partial charge in [-0.25, -0.2) is 0 Å². The quantitative estimate of drug-likeness (QED) is 0.719. The van der Waals surface area contributed by atoms with Crippen LogP contribution < -0.4 is 5.32 Å². The summed E-state index contributed by atoms with van der Waals surface area (Å²) in [4.78, 5) is 2.50. The van der Waals surface area contributed by atoms with Crippen molar-refractivity contribution >= 4 is 0 Å². The van der Waals surface area contributed by atoms with E-state index in [-0.39, 0.29) is 0 Å². The van der Waals surface area contributed by atoms with Gasteiger partial charge in [-0.15, -0.1) is 0 Å². The molecule has 0 amide bonds. The third-order valence-corrected chi connectivity index (χ3v) is 2.79. The van der Waals surface area contributed by atoms with Crippen molar-refractivity contribution in [2.24, 2.45) is 0 Å². The van der Waals surface area contributed by atoms with Gasteiger partial charge in [-0.1, -0.05) is 13.8 Å². The molecule has 0 aromatic carbocycles. The van der Waals surface area contributed by atoms with Crippen LogP contribution in [-0.4, -0.2) is 49.8 Å². The van der Waals surface area contributed by atoms with E-state index < -0.39 is 0 Å². The van der Waals surface area contributed by atoms with Gasteiger partial charge in [0.25, 0.3) is 0 Å². The van der Waals surface area contributed by atoms with E-state index in [0.717, 1.165) is 32.8 Å². The molecule has 0 bridgehead atoms. The molecular weight excluding hydrogens is 176 g/mol. The maximum atomic E-state index is 5.52. The molecule has 3 heteroatoms. The Hall–Kier alpha value is -0.120. The molecule has 3 nitrogen and oxygen atoms in total. The molecule has 0 radical (unpaired) electrons. The fourth-order valence-electron chi connectivity index (χ4n) is 1.99. The zero-order valence-corrected chi connectivity index (χ0v) is 9.75. The van der Waals surface area contributed by atoms with Crippen molar-refractivity contribution in [2.45, 2.75) is 39.3 Å². The van der Waals surface area contributed by atoms with E-state index in [4.69, 9.17) is 4.74 Å². The van der Waals surface area contributed by atoms with Gasteiger partial charge in [-0.3, -0.25) is 4.90 Å². The van der Waals surface area contributed by atoms with Crippen LogP contribution in [0, 0.1) is 0 Å². The minimum Gasteiger partial charge on any atom is -0.376 e. The van der Waals surface area contributed by atoms with E-state index in [0.29, 0.717) is 12.1 Å². The van der Waals surface area contributed by atoms with E-state index in [9.17, 15) is 0 Å². The Balaban J connectivity index is 2.26. The van der Waals surface area contributed by atoms with Crippen LogP contribution in [0.2, 0.25) is 0 Å². The maximum Gasteiger partial charge on any atom is 0.0674 e. The summed E-state index contributed by atoms with van der Waals surface area (Å²) in [5.41, 5.74) is 0. The predicted molar refractivity (Wildman–Crippen MR) is 59.6 cm³/mol. The van der Waals surface area contributed by atoms with Crippen molar-refractivity contribution < 1.29 is 4.74 Å². The number of hydrogen-bond acceptors (Lipinski definition) is 3. The second-order valence-electron chi connectivity index (χ2n) is 4.10. The summed E-state index contributed by atoms with van der Waals surface area (Å²) in [5, 5.41) is 3.51. The van der Waals surface area contributed by atoms with Crippen molar-refractivity contribution in [2.75, 3.05) is 32.8 Å². The average molecular weight is 200 g/mol. The van der Waals surface area contributed by atoms with Crippen LogP contribution in [0.5, 0.6) is 0 Å². The highest BCUT2D eigenvalue weighted by Crippen LogP contribution is 2.05. The van der Waals surface area contributed by atoms with Gasteiger partial charge in [0.05, 0.1) is 12.7 Å². The molecule has 2 atom stereocenters. The SMILES string of the molecule is CCNC(CC)CN1CCOC(C)C1. The van der Waals surface area contributed by atoms with Crippen molar-refractivity contribution in [1.82, 2.24) is 10.2 Å². The Bertz CT molecular complexity index is 152. The zero-order valence-electron chi connectivity index (χ0n) is 9.75. The Morgan fingerprint density at radius 3 is 2.86 bits per heavy atom. The van der Waals surface area contributed by atoms with Crippen molar-refractivity contribution in [3.8, 4) is 0 Å². The lowest BCUT2D eigenvalue weighted by atomic mass is 10.2. The number of rotatable bonds is 5. The van der Waals surface area contributed by atoms with Gasteiger partial charge in [-0.05, 0) is 19.9 Å². The first-order valence-corrected chi connectivity index (χ1v) is 5.83. The lowest BCUT2D eigenvalue weighted by Crippen LogP contribution is -2.47. The Morgan fingerprint density at radius 2 is 2.29 bits per heavy atom. The van der Waals surface area contributed by atoms with Gasteiger partial charge in [0.15, 0.2) is 0 Å². The largest absolute Gasteiger partial charge is 0.376 e. The summed E-state index contributed by atoms with van der Waals surface area (Å²) in [6, 6.07) is 0.644. The summed E-state index contributed by atoms with van der Waals surface area (Å²) in [6.45, 7) is 11.9. The topological polar surface area (TPSA) is 24.5 Å². The molecule has 1 fully saturated rings. The normalized spacial score (nSPS) is 26.4. The molecule has 0 aromatic rings. The second kappa shape index (κ2) is 6.38. The summed E-state index contributed by atoms with van der Waals surface area (Å²) in [7, 11) is 0. The van der Waals surface area contributed by atoms with Crippen LogP contribution in [0.3, 0.4) is 0 Å². The number of ether oxygens (including phenoxy) is 1. The van der Waals surface area contributed by atoms with Crippen LogP contribution in [0.15, 0.2) is 0 Å². The maximum absolute atomic E-state index is 5.52. The van der Waals surface area contributed by atoms with E-state index in [1.54, 1.807) is 0 Å². The van der Waals surface area contributed by atoms with Crippen LogP contribution >= 0.6 is 0 Å². The number of hydrogen-bond donors (Lipinski definition) is 1. The Labute approximate surface area is 87.8 Å². The van der Waals surface area contributed by atoms with Crippen LogP contribution in [0.1, 0.15) is 27.2 Å². The van der Waals surface area contributed by atoms with Crippen LogP contribution in [-0.2, 0) is 4.74 Å². The lowest BCUT2D eigenvalue weighted by Gasteiger charge is -2.33. The molecule has 1 rings (SSSR count). The molecule has 14 heavy (non-hydrogen) atoms. The van der Waals surface area contributed by atoms with E-state index in [1.807, 2.05) is 0 Å². The molecule has 1 heterocycles. The van der Waals surface area contributed by atoms with Gasteiger partial charge >= 0.3 is 0 Å². The summed E-state index contributed by atoms with van der Waals surface area (Å²) in [5.74, 6) is 0. The molecule has 1 N–H and O–H groups in total. The predicted octanol–water partition coefficient (Wildman–Crippen LogP) is 1.10. The van der Waals surface area contributed by atoms with Crippen molar-refractivity contribution in [3.05, 3.63) is 0 Å². The van der Waals surface area contributed by atoms with E-state index in [1.165, 1.54) is 6.42 Å². The Kier molecular flexibility index (Phi) is 5.45. The molecule has 84 valence electrons. The number of nitrogens with one attached hydrogen (secondary N) is 1. The summed E-state index contributed by atoms with van der Waals surface area (Å²) in [6.07, 6.45) is 1.61. The van der Waals surface area contributed by atoms with Crippen molar-refractivity contribution in [1.29, 1.82) is 0 Å². The van der Waals surface area contributed by atoms with Crippen LogP contribution in [0.25, 0.3) is 0 Å². The van der Waals surface area contributed by atoms with Crippen LogP contribution in [0.4, 0.5) is 0 Å². The monoisotopic (exact) mass is 200 g/mol. The van der Waals surface area contributed by atoms with Gasteiger partial charge in [-0.2, -0.15) is 0 Å². The van der Waals surface area contributed by atoms with Gasteiger partial charge in [0.2, 0.25) is 0 Å². The second-order valence-corrected chi connectivity index (χ2v) is 4.10. The number of nitrogens with zero attached hydrogens (tertiary/aromatic N) is 1. The highest BCUT2D eigenvalue weighted by molar-refractivity contribution is 4.74. The first-order valence-electron chi connectivity index (χ1n) is 5.83. The lowest BCUT2D eigenvalue weighted by molar-refractivity contribution is -0.0210. The molecule has 1 saturated heterocycles. The molecule has 0 aliphatic carbocycles. The van der Waals surface area contributed by atoms with Gasteiger partial charge in [0, 0.05) is 25.7 Å². The molecule has 0 spiro atoms. The minimum absolute atomic E-state index is 0.405. The van der Waals surface area contributed by atoms with Gasteiger partial charge < -0.3 is 10.1 Å².